The molecule has 12 heteroatoms. The number of hydrogen-bond donors (Lipinski definition) is 1. The molecule has 1 N–H and O–H groups in total. The van der Waals surface area contributed by atoms with Crippen molar-refractivity contribution in [3.8, 4) is 5.69 Å². The summed E-state index contributed by atoms with van der Waals surface area (Å²) in [6.07, 6.45) is -4.71. The Kier molecular flexibility index (Phi) is 5.41. The predicted octanol–water partition coefficient (Wildman–Crippen LogP) is 3.37. The van der Waals surface area contributed by atoms with Crippen LogP contribution in [-0.4, -0.2) is 28.6 Å². The fourth-order valence-electron chi connectivity index (χ4n) is 2.45. The third kappa shape index (κ3) is 4.16. The summed E-state index contributed by atoms with van der Waals surface area (Å²) in [6, 6.07) is 9.84. The largest absolute Gasteiger partial charge is 0.416 e. The lowest BCUT2D eigenvalue weighted by atomic mass is 10.2. The highest BCUT2D eigenvalue weighted by molar-refractivity contribution is 7.89. The third-order valence-corrected chi connectivity index (χ3v) is 5.78. The van der Waals surface area contributed by atoms with E-state index in [4.69, 9.17) is 11.6 Å². The maximum Gasteiger partial charge on any atom is 0.416 e. The van der Waals surface area contributed by atoms with Crippen LogP contribution in [0.5, 0.6) is 0 Å². The number of rotatable bonds is 5. The molecule has 0 spiro atoms. The summed E-state index contributed by atoms with van der Waals surface area (Å²) in [6.45, 7) is 1.46. The fourth-order valence-corrected chi connectivity index (χ4v) is 4.18. The number of aromatic nitrogens is 4. The molecule has 1 aromatic heterocycles. The maximum atomic E-state index is 12.9. The van der Waals surface area contributed by atoms with Gasteiger partial charge in [-0.2, -0.15) is 17.9 Å². The Balaban J connectivity index is 1.93. The molecule has 1 unspecified atom stereocenters. The van der Waals surface area contributed by atoms with Gasteiger partial charge in [0, 0.05) is 0 Å². The predicted molar refractivity (Wildman–Crippen MR) is 94.3 cm³/mol. The molecule has 3 aromatic rings. The van der Waals surface area contributed by atoms with Gasteiger partial charge in [-0.15, -0.1) is 5.10 Å². The quantitative estimate of drug-likeness (QED) is 0.669. The molecule has 0 saturated carbocycles. The molecule has 0 fully saturated rings. The van der Waals surface area contributed by atoms with Crippen molar-refractivity contribution in [1.82, 2.24) is 24.9 Å². The van der Waals surface area contributed by atoms with Crippen LogP contribution in [-0.2, 0) is 16.2 Å². The molecule has 0 amide bonds. The van der Waals surface area contributed by atoms with Gasteiger partial charge in [0.05, 0.1) is 22.3 Å². The van der Waals surface area contributed by atoms with Gasteiger partial charge in [-0.05, 0) is 47.7 Å². The molecule has 0 aliphatic heterocycles. The van der Waals surface area contributed by atoms with Crippen molar-refractivity contribution < 1.29 is 21.6 Å². The topological polar surface area (TPSA) is 89.8 Å². The average Bonchev–Trinajstić information content (AvgIpc) is 3.11. The second-order valence-corrected chi connectivity index (χ2v) is 7.86. The number of sulfonamides is 1. The van der Waals surface area contributed by atoms with Crippen LogP contribution >= 0.6 is 11.6 Å². The van der Waals surface area contributed by atoms with Gasteiger partial charge in [0.1, 0.15) is 4.90 Å². The van der Waals surface area contributed by atoms with E-state index in [2.05, 4.69) is 20.2 Å². The Hall–Kier alpha value is -2.50. The summed E-state index contributed by atoms with van der Waals surface area (Å²) >= 11 is 5.83. The molecule has 0 radical (unpaired) electrons. The lowest BCUT2D eigenvalue weighted by molar-refractivity contribution is -0.137. The number of para-hydroxylation sites is 1. The van der Waals surface area contributed by atoms with Gasteiger partial charge < -0.3 is 0 Å². The summed E-state index contributed by atoms with van der Waals surface area (Å²) < 4.78 is 67.6. The molecule has 0 bridgehead atoms. The first-order valence-corrected chi connectivity index (χ1v) is 9.68. The number of alkyl halides is 3. The van der Waals surface area contributed by atoms with Crippen LogP contribution in [0.3, 0.4) is 0 Å². The second-order valence-electron chi connectivity index (χ2n) is 5.77. The Morgan fingerprint density at radius 1 is 1.14 bits per heavy atom. The highest BCUT2D eigenvalue weighted by Crippen LogP contribution is 2.33. The van der Waals surface area contributed by atoms with Crippen molar-refractivity contribution in [3.05, 3.63) is 64.9 Å². The molecule has 2 aromatic carbocycles. The molecule has 0 aliphatic carbocycles. The minimum atomic E-state index is -4.71. The summed E-state index contributed by atoms with van der Waals surface area (Å²) in [4.78, 5) is -0.686. The highest BCUT2D eigenvalue weighted by atomic mass is 35.5. The molecule has 7 nitrogen and oxygen atoms in total. The Morgan fingerprint density at radius 2 is 1.82 bits per heavy atom. The van der Waals surface area contributed by atoms with E-state index in [0.29, 0.717) is 17.8 Å². The molecule has 0 saturated heterocycles. The summed E-state index contributed by atoms with van der Waals surface area (Å²) in [5.74, 6) is 0.151. The third-order valence-electron chi connectivity index (χ3n) is 3.76. The van der Waals surface area contributed by atoms with Gasteiger partial charge in [-0.3, -0.25) is 0 Å². The van der Waals surface area contributed by atoms with Crippen LogP contribution in [0.25, 0.3) is 5.69 Å². The Bertz CT molecular complexity index is 1090. The Labute approximate surface area is 163 Å². The number of nitrogens with zero attached hydrogens (tertiary/aromatic N) is 4. The Morgan fingerprint density at radius 3 is 2.46 bits per heavy atom. The minimum Gasteiger partial charge on any atom is -0.207 e. The van der Waals surface area contributed by atoms with Crippen molar-refractivity contribution in [3.63, 3.8) is 0 Å². The van der Waals surface area contributed by atoms with Gasteiger partial charge in [-0.1, -0.05) is 29.8 Å². The lowest BCUT2D eigenvalue weighted by Gasteiger charge is -2.16. The summed E-state index contributed by atoms with van der Waals surface area (Å²) in [5, 5.41) is 10.8. The van der Waals surface area contributed by atoms with Crippen LogP contribution < -0.4 is 4.72 Å². The van der Waals surface area contributed by atoms with Crippen molar-refractivity contribution in [1.29, 1.82) is 0 Å². The van der Waals surface area contributed by atoms with Crippen LogP contribution in [0.1, 0.15) is 24.4 Å². The van der Waals surface area contributed by atoms with E-state index in [0.717, 1.165) is 6.07 Å². The maximum absolute atomic E-state index is 12.9. The molecular formula is C16H13ClF3N5O2S. The van der Waals surface area contributed by atoms with Crippen LogP contribution in [0, 0.1) is 0 Å². The number of tetrazole rings is 1. The SMILES string of the molecule is CC(NS(=O)(=O)c1cc(C(F)(F)F)ccc1Cl)c1nnnn1-c1ccccc1. The monoisotopic (exact) mass is 431 g/mol. The summed E-state index contributed by atoms with van der Waals surface area (Å²) in [5.41, 5.74) is -0.537. The number of halogens is 4. The zero-order chi connectivity index (χ0) is 20.5. The molecule has 0 aliphatic rings. The van der Waals surface area contributed by atoms with Crippen molar-refractivity contribution in [2.24, 2.45) is 0 Å². The first kappa shape index (κ1) is 20.2. The van der Waals surface area contributed by atoms with E-state index in [1.807, 2.05) is 0 Å². The van der Waals surface area contributed by atoms with E-state index >= 15 is 0 Å². The van der Waals surface area contributed by atoms with Gasteiger partial charge in [0.15, 0.2) is 5.82 Å². The summed E-state index contributed by atoms with van der Waals surface area (Å²) in [7, 11) is -4.39. The molecule has 3 rings (SSSR count). The highest BCUT2D eigenvalue weighted by Gasteiger charge is 2.33. The van der Waals surface area contributed by atoms with E-state index < -0.39 is 32.7 Å². The average molecular weight is 432 g/mol. The molecule has 1 heterocycles. The van der Waals surface area contributed by atoms with Crippen molar-refractivity contribution >= 4 is 21.6 Å². The molecule has 1 atom stereocenters. The zero-order valence-electron chi connectivity index (χ0n) is 14.2. The van der Waals surface area contributed by atoms with Gasteiger partial charge in [0.2, 0.25) is 10.0 Å². The van der Waals surface area contributed by atoms with Crippen LogP contribution in [0.2, 0.25) is 5.02 Å². The van der Waals surface area contributed by atoms with E-state index in [-0.39, 0.29) is 10.8 Å². The molecule has 28 heavy (non-hydrogen) atoms. The number of benzene rings is 2. The fraction of sp³-hybridized carbons (Fsp3) is 0.188. The van der Waals surface area contributed by atoms with E-state index in [1.165, 1.54) is 11.6 Å². The lowest BCUT2D eigenvalue weighted by Crippen LogP contribution is -2.29. The number of hydrogen-bond acceptors (Lipinski definition) is 5. The standard InChI is InChI=1S/C16H13ClF3N5O2S/c1-10(15-21-23-24-25(15)12-5-3-2-4-6-12)22-28(26,27)14-9-11(16(18,19)20)7-8-13(14)17/h2-10,22H,1H3. The zero-order valence-corrected chi connectivity index (χ0v) is 15.8. The normalized spacial score (nSPS) is 13.5. The van der Waals surface area contributed by atoms with Crippen molar-refractivity contribution in [2.45, 2.75) is 24.0 Å². The first-order valence-electron chi connectivity index (χ1n) is 7.82. The van der Waals surface area contributed by atoms with Crippen LogP contribution in [0.15, 0.2) is 53.4 Å². The minimum absolute atomic E-state index is 0.151. The number of nitrogens with one attached hydrogen (secondary N) is 1. The first-order chi connectivity index (χ1) is 13.1. The van der Waals surface area contributed by atoms with Crippen molar-refractivity contribution in [2.75, 3.05) is 0 Å². The van der Waals surface area contributed by atoms with Gasteiger partial charge >= 0.3 is 6.18 Å². The van der Waals surface area contributed by atoms with E-state index in [1.54, 1.807) is 30.3 Å². The van der Waals surface area contributed by atoms with Gasteiger partial charge in [0.25, 0.3) is 0 Å². The smallest absolute Gasteiger partial charge is 0.207 e. The van der Waals surface area contributed by atoms with Crippen LogP contribution in [0.4, 0.5) is 13.2 Å². The molecule has 148 valence electrons. The second kappa shape index (κ2) is 7.49. The molecular weight excluding hydrogens is 419 g/mol. The van der Waals surface area contributed by atoms with Gasteiger partial charge in [-0.25, -0.2) is 13.1 Å². The van der Waals surface area contributed by atoms with E-state index in [9.17, 15) is 21.6 Å².